The number of anilines is 2. The van der Waals surface area contributed by atoms with Crippen molar-refractivity contribution in [3.05, 3.63) is 52.3 Å². The third-order valence-corrected chi connectivity index (χ3v) is 9.06. The van der Waals surface area contributed by atoms with Gasteiger partial charge in [-0.05, 0) is 65.0 Å². The first-order valence-corrected chi connectivity index (χ1v) is 13.1. The summed E-state index contributed by atoms with van der Waals surface area (Å²) in [6, 6.07) is 9.30. The van der Waals surface area contributed by atoms with Gasteiger partial charge in [0.25, 0.3) is 0 Å². The molecule has 0 unspecified atom stereocenters. The van der Waals surface area contributed by atoms with Crippen molar-refractivity contribution in [2.75, 3.05) is 29.9 Å². The zero-order valence-electron chi connectivity index (χ0n) is 18.2. The highest BCUT2D eigenvalue weighted by atomic mass is 79.9. The fourth-order valence-electron chi connectivity index (χ4n) is 4.33. The SMILES string of the molecule is CCC(=O)N1CCc2cc(Br)c(S(=O)(=O)N3CCC(C(=O)Nc4ccccc4F)CC3)cc21. The molecule has 1 fully saturated rings. The van der Waals surface area contributed by atoms with Gasteiger partial charge in [0.15, 0.2) is 0 Å². The van der Waals surface area contributed by atoms with Crippen LogP contribution in [0.15, 0.2) is 45.8 Å². The molecule has 0 atom stereocenters. The number of rotatable bonds is 5. The van der Waals surface area contributed by atoms with Crippen LogP contribution in [0.5, 0.6) is 0 Å². The van der Waals surface area contributed by atoms with Crippen molar-refractivity contribution in [3.63, 3.8) is 0 Å². The topological polar surface area (TPSA) is 86.8 Å². The second-order valence-electron chi connectivity index (χ2n) is 8.21. The lowest BCUT2D eigenvalue weighted by atomic mass is 9.97. The van der Waals surface area contributed by atoms with E-state index in [0.29, 0.717) is 42.4 Å². The fraction of sp³-hybridized carbons (Fsp3) is 0.391. The molecule has 33 heavy (non-hydrogen) atoms. The molecule has 2 aromatic rings. The number of nitrogens with zero attached hydrogens (tertiary/aromatic N) is 2. The van der Waals surface area contributed by atoms with E-state index >= 15 is 0 Å². The summed E-state index contributed by atoms with van der Waals surface area (Å²) in [5.74, 6) is -1.27. The predicted molar refractivity (Wildman–Crippen MR) is 127 cm³/mol. The van der Waals surface area contributed by atoms with Crippen LogP contribution in [0.3, 0.4) is 0 Å². The van der Waals surface area contributed by atoms with Crippen LogP contribution in [0.1, 0.15) is 31.7 Å². The summed E-state index contributed by atoms with van der Waals surface area (Å²) in [6.07, 6.45) is 1.70. The van der Waals surface area contributed by atoms with Crippen LogP contribution in [0.4, 0.5) is 15.8 Å². The minimum absolute atomic E-state index is 0.0406. The normalized spacial score (nSPS) is 17.1. The molecule has 7 nitrogen and oxygen atoms in total. The van der Waals surface area contributed by atoms with Crippen LogP contribution in [-0.4, -0.2) is 44.2 Å². The second-order valence-corrected chi connectivity index (χ2v) is 11.0. The first kappa shape index (κ1) is 23.8. The van der Waals surface area contributed by atoms with E-state index in [4.69, 9.17) is 0 Å². The van der Waals surface area contributed by atoms with Gasteiger partial charge in [0, 0.05) is 42.1 Å². The molecule has 0 aliphatic carbocycles. The molecule has 0 saturated carbocycles. The maximum Gasteiger partial charge on any atom is 0.244 e. The Morgan fingerprint density at radius 2 is 1.85 bits per heavy atom. The van der Waals surface area contributed by atoms with Gasteiger partial charge in [-0.25, -0.2) is 12.8 Å². The Morgan fingerprint density at radius 3 is 2.52 bits per heavy atom. The zero-order valence-corrected chi connectivity index (χ0v) is 20.6. The van der Waals surface area contributed by atoms with Gasteiger partial charge in [-0.15, -0.1) is 0 Å². The summed E-state index contributed by atoms with van der Waals surface area (Å²) in [5.41, 5.74) is 1.69. The molecule has 2 amide bonds. The number of amides is 2. The predicted octanol–water partition coefficient (Wildman–Crippen LogP) is 3.93. The lowest BCUT2D eigenvalue weighted by Gasteiger charge is -2.31. The van der Waals surface area contributed by atoms with E-state index in [9.17, 15) is 22.4 Å². The summed E-state index contributed by atoms with van der Waals surface area (Å²) in [5, 5.41) is 2.60. The van der Waals surface area contributed by atoms with Crippen molar-refractivity contribution < 1.29 is 22.4 Å². The van der Waals surface area contributed by atoms with E-state index in [-0.39, 0.29) is 35.5 Å². The molecule has 2 aliphatic rings. The minimum Gasteiger partial charge on any atom is -0.323 e. The van der Waals surface area contributed by atoms with E-state index in [2.05, 4.69) is 21.2 Å². The number of halogens is 2. The van der Waals surface area contributed by atoms with Crippen LogP contribution >= 0.6 is 15.9 Å². The summed E-state index contributed by atoms with van der Waals surface area (Å²) in [4.78, 5) is 26.6. The van der Waals surface area contributed by atoms with Crippen molar-refractivity contribution >= 4 is 49.1 Å². The average Bonchev–Trinajstić information content (AvgIpc) is 3.22. The number of fused-ring (bicyclic) bond motifs is 1. The van der Waals surface area contributed by atoms with Crippen LogP contribution < -0.4 is 10.2 Å². The lowest BCUT2D eigenvalue weighted by molar-refractivity contribution is -0.121. The number of hydrogen-bond acceptors (Lipinski definition) is 4. The van der Waals surface area contributed by atoms with Gasteiger partial charge in [0.05, 0.1) is 10.6 Å². The van der Waals surface area contributed by atoms with Crippen molar-refractivity contribution in [2.24, 2.45) is 5.92 Å². The Balaban J connectivity index is 1.48. The molecule has 0 radical (unpaired) electrons. The number of nitrogens with one attached hydrogen (secondary N) is 1. The molecular formula is C23H25BrFN3O4S. The Hall–Kier alpha value is -2.30. The molecule has 2 heterocycles. The number of benzene rings is 2. The molecule has 1 N–H and O–H groups in total. The molecule has 10 heteroatoms. The smallest absolute Gasteiger partial charge is 0.244 e. The minimum atomic E-state index is -3.83. The first-order valence-electron chi connectivity index (χ1n) is 10.9. The maximum atomic E-state index is 13.8. The third kappa shape index (κ3) is 4.69. The van der Waals surface area contributed by atoms with Gasteiger partial charge in [-0.3, -0.25) is 9.59 Å². The van der Waals surface area contributed by atoms with E-state index in [1.807, 2.05) is 0 Å². The molecule has 4 rings (SSSR count). The zero-order chi connectivity index (χ0) is 23.8. The number of sulfonamides is 1. The van der Waals surface area contributed by atoms with Crippen molar-refractivity contribution in [1.82, 2.24) is 4.31 Å². The molecule has 1 saturated heterocycles. The Labute approximate surface area is 201 Å². The number of para-hydroxylation sites is 1. The van der Waals surface area contributed by atoms with Crippen LogP contribution in [-0.2, 0) is 26.0 Å². The Kier molecular flexibility index (Phi) is 6.88. The summed E-state index contributed by atoms with van der Waals surface area (Å²) >= 11 is 3.40. The van der Waals surface area contributed by atoms with Crippen LogP contribution in [0.2, 0.25) is 0 Å². The molecule has 0 aromatic heterocycles. The molecule has 0 bridgehead atoms. The summed E-state index contributed by atoms with van der Waals surface area (Å²) < 4.78 is 42.5. The number of carbonyl (C=O) groups excluding carboxylic acids is 2. The molecular weight excluding hydrogens is 513 g/mol. The van der Waals surface area contributed by atoms with Crippen LogP contribution in [0.25, 0.3) is 0 Å². The average molecular weight is 538 g/mol. The van der Waals surface area contributed by atoms with Gasteiger partial charge in [0.1, 0.15) is 5.82 Å². The summed E-state index contributed by atoms with van der Waals surface area (Å²) in [7, 11) is -3.83. The second kappa shape index (κ2) is 9.52. The quantitative estimate of drug-likeness (QED) is 0.626. The van der Waals surface area contributed by atoms with E-state index in [0.717, 1.165) is 5.56 Å². The van der Waals surface area contributed by atoms with Crippen molar-refractivity contribution in [3.8, 4) is 0 Å². The molecule has 176 valence electrons. The Bertz CT molecular complexity index is 1200. The number of hydrogen-bond donors (Lipinski definition) is 1. The standard InChI is InChI=1S/C23H25BrFN3O4S/c1-2-22(29)28-12-9-16-13-17(24)21(14-20(16)28)33(31,32)27-10-7-15(8-11-27)23(30)26-19-6-4-3-5-18(19)25/h3-6,13-15H,2,7-12H2,1H3,(H,26,30). The highest BCUT2D eigenvalue weighted by Crippen LogP contribution is 2.37. The fourth-order valence-corrected chi connectivity index (χ4v) is 6.87. The van der Waals surface area contributed by atoms with Crippen molar-refractivity contribution in [1.29, 1.82) is 0 Å². The van der Waals surface area contributed by atoms with Gasteiger partial charge < -0.3 is 10.2 Å². The van der Waals surface area contributed by atoms with E-state index in [1.165, 1.54) is 16.4 Å². The highest BCUT2D eigenvalue weighted by molar-refractivity contribution is 9.10. The maximum absolute atomic E-state index is 13.8. The largest absolute Gasteiger partial charge is 0.323 e. The first-order chi connectivity index (χ1) is 15.7. The lowest BCUT2D eigenvalue weighted by Crippen LogP contribution is -2.41. The Morgan fingerprint density at radius 1 is 1.15 bits per heavy atom. The molecule has 2 aromatic carbocycles. The van der Waals surface area contributed by atoms with Crippen molar-refractivity contribution in [2.45, 2.75) is 37.5 Å². The number of piperidine rings is 1. The van der Waals surface area contributed by atoms with E-state index < -0.39 is 21.8 Å². The summed E-state index contributed by atoms with van der Waals surface area (Å²) in [6.45, 7) is 2.68. The monoisotopic (exact) mass is 537 g/mol. The van der Waals surface area contributed by atoms with Gasteiger partial charge in [0.2, 0.25) is 21.8 Å². The number of carbonyl (C=O) groups is 2. The van der Waals surface area contributed by atoms with Gasteiger partial charge in [-0.2, -0.15) is 4.31 Å². The molecule has 0 spiro atoms. The van der Waals surface area contributed by atoms with Gasteiger partial charge >= 0.3 is 0 Å². The molecule has 2 aliphatic heterocycles. The van der Waals surface area contributed by atoms with Gasteiger partial charge in [-0.1, -0.05) is 19.1 Å². The highest BCUT2D eigenvalue weighted by Gasteiger charge is 2.35. The third-order valence-electron chi connectivity index (χ3n) is 6.21. The van der Waals surface area contributed by atoms with Crippen LogP contribution in [0, 0.1) is 11.7 Å². The van der Waals surface area contributed by atoms with E-state index in [1.54, 1.807) is 36.1 Å².